The number of nitrogens with two attached hydrogens (primary N) is 1. The maximum Gasteiger partial charge on any atom is 0.337 e. The average Bonchev–Trinajstić information content (AvgIpc) is 2.36. The molecule has 4 nitrogen and oxygen atoms in total. The molecule has 0 unspecified atom stereocenters. The quantitative estimate of drug-likeness (QED) is 0.734. The fourth-order valence-corrected chi connectivity index (χ4v) is 2.09. The molecule has 0 saturated heterocycles. The molecule has 0 saturated carbocycles. The van der Waals surface area contributed by atoms with E-state index in [1.807, 2.05) is 0 Å². The highest BCUT2D eigenvalue weighted by atomic mass is 79.9. The van der Waals surface area contributed by atoms with Crippen LogP contribution in [0.5, 0.6) is 0 Å². The van der Waals surface area contributed by atoms with Crippen LogP contribution < -0.4 is 11.1 Å². The number of hydrogen-bond acceptors (Lipinski definition) is 3. The summed E-state index contributed by atoms with van der Waals surface area (Å²) in [7, 11) is 0. The van der Waals surface area contributed by atoms with Crippen LogP contribution in [0.2, 0.25) is 5.02 Å². The predicted octanol–water partition coefficient (Wildman–Crippen LogP) is 4.13. The van der Waals surface area contributed by atoms with Crippen molar-refractivity contribution in [3.63, 3.8) is 0 Å². The highest BCUT2D eigenvalue weighted by Gasteiger charge is 2.09. The lowest BCUT2D eigenvalue weighted by Crippen LogP contribution is -2.03. The number of aromatic carboxylic acids is 1. The topological polar surface area (TPSA) is 75.3 Å². The lowest BCUT2D eigenvalue weighted by Gasteiger charge is -2.10. The van der Waals surface area contributed by atoms with Crippen LogP contribution in [-0.4, -0.2) is 11.1 Å². The molecule has 0 fully saturated rings. The fraction of sp³-hybridized carbons (Fsp3) is 0. The van der Waals surface area contributed by atoms with Crippen molar-refractivity contribution >= 4 is 50.6 Å². The second-order valence-electron chi connectivity index (χ2n) is 3.86. The second kappa shape index (κ2) is 5.50. The van der Waals surface area contributed by atoms with Gasteiger partial charge in [0.25, 0.3) is 0 Å². The van der Waals surface area contributed by atoms with E-state index in [9.17, 15) is 4.79 Å². The molecule has 6 heteroatoms. The van der Waals surface area contributed by atoms with E-state index in [4.69, 9.17) is 22.4 Å². The van der Waals surface area contributed by atoms with Crippen molar-refractivity contribution < 1.29 is 9.90 Å². The molecule has 0 bridgehead atoms. The van der Waals surface area contributed by atoms with Crippen LogP contribution >= 0.6 is 27.5 Å². The van der Waals surface area contributed by atoms with Crippen LogP contribution in [0.1, 0.15) is 10.4 Å². The number of halogens is 2. The smallest absolute Gasteiger partial charge is 0.337 e. The Morgan fingerprint density at radius 1 is 1.26 bits per heavy atom. The highest BCUT2D eigenvalue weighted by molar-refractivity contribution is 9.10. The normalized spacial score (nSPS) is 10.2. The van der Waals surface area contributed by atoms with Crippen molar-refractivity contribution in [1.29, 1.82) is 0 Å². The Morgan fingerprint density at radius 2 is 2.00 bits per heavy atom. The first-order chi connectivity index (χ1) is 8.97. The summed E-state index contributed by atoms with van der Waals surface area (Å²) in [4.78, 5) is 11.0. The first-order valence-electron chi connectivity index (χ1n) is 5.32. The van der Waals surface area contributed by atoms with Gasteiger partial charge in [0.15, 0.2) is 0 Å². The minimum atomic E-state index is -1.06. The van der Waals surface area contributed by atoms with E-state index < -0.39 is 5.97 Å². The first kappa shape index (κ1) is 13.7. The van der Waals surface area contributed by atoms with E-state index in [0.717, 1.165) is 10.2 Å². The third kappa shape index (κ3) is 3.19. The molecule has 0 atom stereocenters. The summed E-state index contributed by atoms with van der Waals surface area (Å²) < 4.78 is 0.825. The molecule has 0 aliphatic heterocycles. The zero-order chi connectivity index (χ0) is 14.0. The van der Waals surface area contributed by atoms with Crippen LogP contribution in [0.3, 0.4) is 0 Å². The number of carbonyl (C=O) groups is 1. The lowest BCUT2D eigenvalue weighted by molar-refractivity contribution is 0.0698. The van der Waals surface area contributed by atoms with Gasteiger partial charge in [-0.3, -0.25) is 0 Å². The Morgan fingerprint density at radius 3 is 2.68 bits per heavy atom. The van der Waals surface area contributed by atoms with Crippen LogP contribution in [-0.2, 0) is 0 Å². The summed E-state index contributed by atoms with van der Waals surface area (Å²) in [5.74, 6) is -1.06. The summed E-state index contributed by atoms with van der Waals surface area (Å²) in [5, 5.41) is 12.7. The Kier molecular flexibility index (Phi) is 3.97. The molecule has 4 N–H and O–H groups in total. The molecule has 0 radical (unpaired) electrons. The number of rotatable bonds is 3. The molecule has 0 aliphatic rings. The number of nitrogens with one attached hydrogen (secondary N) is 1. The number of carboxylic acids is 1. The standard InChI is InChI=1S/C13H10BrClN2O2/c14-10-3-1-7(15)5-12(10)17-8-2-4-11(16)9(6-8)13(18)19/h1-6,17H,16H2,(H,18,19). The first-order valence-corrected chi connectivity index (χ1v) is 6.49. The fourth-order valence-electron chi connectivity index (χ4n) is 1.57. The predicted molar refractivity (Wildman–Crippen MR) is 80.2 cm³/mol. The third-order valence-electron chi connectivity index (χ3n) is 2.49. The zero-order valence-corrected chi connectivity index (χ0v) is 12.0. The summed E-state index contributed by atoms with van der Waals surface area (Å²) >= 11 is 9.30. The highest BCUT2D eigenvalue weighted by Crippen LogP contribution is 2.29. The Hall–Kier alpha value is -1.72. The molecule has 0 aliphatic carbocycles. The Balaban J connectivity index is 2.36. The monoisotopic (exact) mass is 340 g/mol. The van der Waals surface area contributed by atoms with Gasteiger partial charge < -0.3 is 16.2 Å². The number of hydrogen-bond donors (Lipinski definition) is 3. The Bertz CT molecular complexity index is 647. The van der Waals surface area contributed by atoms with E-state index in [0.29, 0.717) is 10.7 Å². The van der Waals surface area contributed by atoms with Gasteiger partial charge in [-0.25, -0.2) is 4.79 Å². The van der Waals surface area contributed by atoms with E-state index in [1.165, 1.54) is 6.07 Å². The second-order valence-corrected chi connectivity index (χ2v) is 5.15. The minimum Gasteiger partial charge on any atom is -0.478 e. The summed E-state index contributed by atoms with van der Waals surface area (Å²) in [6.45, 7) is 0. The molecule has 2 aromatic carbocycles. The van der Waals surface area contributed by atoms with Gasteiger partial charge in [-0.1, -0.05) is 11.6 Å². The van der Waals surface area contributed by atoms with Crippen LogP contribution in [0, 0.1) is 0 Å². The van der Waals surface area contributed by atoms with Crippen molar-refractivity contribution in [2.45, 2.75) is 0 Å². The zero-order valence-electron chi connectivity index (χ0n) is 9.65. The molecular formula is C13H10BrClN2O2. The van der Waals surface area contributed by atoms with Crippen LogP contribution in [0.25, 0.3) is 0 Å². The van der Waals surface area contributed by atoms with Gasteiger partial charge in [-0.05, 0) is 52.3 Å². The van der Waals surface area contributed by atoms with Crippen molar-refractivity contribution in [2.75, 3.05) is 11.1 Å². The number of anilines is 3. The molecule has 0 heterocycles. The molecule has 0 aromatic heterocycles. The van der Waals surface area contributed by atoms with E-state index in [-0.39, 0.29) is 11.3 Å². The van der Waals surface area contributed by atoms with Crippen LogP contribution in [0.4, 0.5) is 17.1 Å². The molecule has 0 amide bonds. The van der Waals surface area contributed by atoms with E-state index in [1.54, 1.807) is 30.3 Å². The van der Waals surface area contributed by atoms with Crippen LogP contribution in [0.15, 0.2) is 40.9 Å². The van der Waals surface area contributed by atoms with Crippen molar-refractivity contribution in [3.05, 3.63) is 51.5 Å². The molecule has 2 aromatic rings. The van der Waals surface area contributed by atoms with Crippen molar-refractivity contribution in [2.24, 2.45) is 0 Å². The molecule has 98 valence electrons. The largest absolute Gasteiger partial charge is 0.478 e. The van der Waals surface area contributed by atoms with E-state index >= 15 is 0 Å². The molecule has 0 spiro atoms. The number of benzene rings is 2. The maximum atomic E-state index is 11.0. The van der Waals surface area contributed by atoms with Gasteiger partial charge >= 0.3 is 5.97 Å². The number of nitrogen functional groups attached to an aromatic ring is 1. The Labute approximate surface area is 123 Å². The molecular weight excluding hydrogens is 332 g/mol. The summed E-state index contributed by atoms with van der Waals surface area (Å²) in [6, 6.07) is 10.0. The van der Waals surface area contributed by atoms with Gasteiger partial charge in [-0.2, -0.15) is 0 Å². The molecule has 19 heavy (non-hydrogen) atoms. The van der Waals surface area contributed by atoms with Gasteiger partial charge in [0.1, 0.15) is 0 Å². The van der Waals surface area contributed by atoms with Gasteiger partial charge in [0.2, 0.25) is 0 Å². The van der Waals surface area contributed by atoms with Gasteiger partial charge in [-0.15, -0.1) is 0 Å². The van der Waals surface area contributed by atoms with Gasteiger partial charge in [0.05, 0.1) is 11.3 Å². The van der Waals surface area contributed by atoms with E-state index in [2.05, 4.69) is 21.2 Å². The number of carboxylic acid groups (broad SMARTS) is 1. The minimum absolute atomic E-state index is 0.0585. The SMILES string of the molecule is Nc1ccc(Nc2cc(Cl)ccc2Br)cc1C(=O)O. The third-order valence-corrected chi connectivity index (χ3v) is 3.42. The lowest BCUT2D eigenvalue weighted by atomic mass is 10.1. The van der Waals surface area contributed by atoms with Crippen molar-refractivity contribution in [1.82, 2.24) is 0 Å². The maximum absolute atomic E-state index is 11.0. The molecule has 2 rings (SSSR count). The van der Waals surface area contributed by atoms with Gasteiger partial charge in [0, 0.05) is 20.9 Å². The summed E-state index contributed by atoms with van der Waals surface area (Å²) in [5.41, 5.74) is 7.25. The van der Waals surface area contributed by atoms with Crippen molar-refractivity contribution in [3.8, 4) is 0 Å². The average molecular weight is 342 g/mol. The summed E-state index contributed by atoms with van der Waals surface area (Å²) in [6.07, 6.45) is 0.